The SMILES string of the molecule is CC(NCCc1nccn1C)c1ccc(F)c(Br)c1. The van der Waals surface area contributed by atoms with Crippen molar-refractivity contribution in [2.24, 2.45) is 7.05 Å². The molecule has 2 aromatic rings. The van der Waals surface area contributed by atoms with Crippen LogP contribution in [0.5, 0.6) is 0 Å². The van der Waals surface area contributed by atoms with Crippen LogP contribution in [0, 0.1) is 5.82 Å². The number of aromatic nitrogens is 2. The molecule has 0 saturated heterocycles. The standard InChI is InChI=1S/C14H17BrFN3/c1-10(11-3-4-13(16)12(15)9-11)17-6-5-14-18-7-8-19(14)2/h3-4,7-10,17H,5-6H2,1-2H3. The molecule has 1 aromatic carbocycles. The number of nitrogens with zero attached hydrogens (tertiary/aromatic N) is 2. The van der Waals surface area contributed by atoms with Gasteiger partial charge in [0.05, 0.1) is 4.47 Å². The van der Waals surface area contributed by atoms with E-state index in [2.05, 4.69) is 33.2 Å². The molecular weight excluding hydrogens is 309 g/mol. The molecule has 0 amide bonds. The summed E-state index contributed by atoms with van der Waals surface area (Å²) in [4.78, 5) is 4.28. The van der Waals surface area contributed by atoms with Gasteiger partial charge in [0, 0.05) is 38.4 Å². The predicted octanol–water partition coefficient (Wildman–Crippen LogP) is 3.22. The quantitative estimate of drug-likeness (QED) is 0.914. The maximum atomic E-state index is 13.2. The van der Waals surface area contributed by atoms with Gasteiger partial charge in [-0.3, -0.25) is 0 Å². The Hall–Kier alpha value is -1.20. The van der Waals surface area contributed by atoms with E-state index in [0.29, 0.717) is 4.47 Å². The van der Waals surface area contributed by atoms with Gasteiger partial charge in [0.1, 0.15) is 11.6 Å². The van der Waals surface area contributed by atoms with Crippen molar-refractivity contribution in [3.05, 3.63) is 52.3 Å². The van der Waals surface area contributed by atoms with Crippen LogP contribution in [0.3, 0.4) is 0 Å². The zero-order valence-electron chi connectivity index (χ0n) is 11.0. The molecule has 0 saturated carbocycles. The fourth-order valence-corrected chi connectivity index (χ4v) is 2.33. The monoisotopic (exact) mass is 325 g/mol. The van der Waals surface area contributed by atoms with Gasteiger partial charge >= 0.3 is 0 Å². The van der Waals surface area contributed by atoms with Crippen molar-refractivity contribution in [2.75, 3.05) is 6.54 Å². The van der Waals surface area contributed by atoms with Gasteiger partial charge in [-0.2, -0.15) is 0 Å². The molecule has 1 aromatic heterocycles. The van der Waals surface area contributed by atoms with Gasteiger partial charge in [0.25, 0.3) is 0 Å². The van der Waals surface area contributed by atoms with Crippen molar-refractivity contribution in [1.29, 1.82) is 0 Å². The Kier molecular flexibility index (Phi) is 4.71. The maximum Gasteiger partial charge on any atom is 0.137 e. The van der Waals surface area contributed by atoms with Crippen molar-refractivity contribution >= 4 is 15.9 Å². The second-order valence-corrected chi connectivity index (χ2v) is 5.41. The Bertz CT molecular complexity index is 553. The highest BCUT2D eigenvalue weighted by Crippen LogP contribution is 2.21. The van der Waals surface area contributed by atoms with Crippen molar-refractivity contribution in [3.63, 3.8) is 0 Å². The first-order valence-electron chi connectivity index (χ1n) is 6.22. The third-order valence-electron chi connectivity index (χ3n) is 3.16. The number of nitrogens with one attached hydrogen (secondary N) is 1. The van der Waals surface area contributed by atoms with Crippen LogP contribution in [-0.2, 0) is 13.5 Å². The number of rotatable bonds is 5. The highest BCUT2D eigenvalue weighted by atomic mass is 79.9. The van der Waals surface area contributed by atoms with E-state index in [1.807, 2.05) is 23.9 Å². The molecule has 0 spiro atoms. The summed E-state index contributed by atoms with van der Waals surface area (Å²) in [6.07, 6.45) is 4.61. The van der Waals surface area contributed by atoms with Crippen LogP contribution >= 0.6 is 15.9 Å². The van der Waals surface area contributed by atoms with Gasteiger partial charge < -0.3 is 9.88 Å². The minimum atomic E-state index is -0.232. The van der Waals surface area contributed by atoms with Crippen LogP contribution < -0.4 is 5.32 Å². The number of hydrogen-bond donors (Lipinski definition) is 1. The lowest BCUT2D eigenvalue weighted by atomic mass is 10.1. The highest BCUT2D eigenvalue weighted by molar-refractivity contribution is 9.10. The number of benzene rings is 1. The zero-order chi connectivity index (χ0) is 13.8. The minimum absolute atomic E-state index is 0.178. The van der Waals surface area contributed by atoms with Gasteiger partial charge in [-0.05, 0) is 40.5 Å². The first kappa shape index (κ1) is 14.2. The molecule has 0 bridgehead atoms. The summed E-state index contributed by atoms with van der Waals surface area (Å²) in [5, 5.41) is 3.41. The Morgan fingerprint density at radius 2 is 2.26 bits per heavy atom. The lowest BCUT2D eigenvalue weighted by molar-refractivity contribution is 0.561. The second kappa shape index (κ2) is 6.30. The molecule has 19 heavy (non-hydrogen) atoms. The Labute approximate surface area is 121 Å². The van der Waals surface area contributed by atoms with Crippen LogP contribution in [0.2, 0.25) is 0 Å². The van der Waals surface area contributed by atoms with Crippen molar-refractivity contribution < 1.29 is 4.39 Å². The van der Waals surface area contributed by atoms with E-state index in [0.717, 1.165) is 24.4 Å². The van der Waals surface area contributed by atoms with E-state index < -0.39 is 0 Å². The fourth-order valence-electron chi connectivity index (χ4n) is 1.94. The topological polar surface area (TPSA) is 29.9 Å². The van der Waals surface area contributed by atoms with Crippen LogP contribution in [0.25, 0.3) is 0 Å². The van der Waals surface area contributed by atoms with Gasteiger partial charge in [0.2, 0.25) is 0 Å². The molecule has 0 fully saturated rings. The molecule has 0 aliphatic rings. The zero-order valence-corrected chi connectivity index (χ0v) is 12.6. The summed E-state index contributed by atoms with van der Waals surface area (Å²) < 4.78 is 15.7. The van der Waals surface area contributed by atoms with Gasteiger partial charge in [0.15, 0.2) is 0 Å². The van der Waals surface area contributed by atoms with Crippen LogP contribution in [0.1, 0.15) is 24.4 Å². The summed E-state index contributed by atoms with van der Waals surface area (Å²) in [6.45, 7) is 2.90. The van der Waals surface area contributed by atoms with Crippen molar-refractivity contribution in [3.8, 4) is 0 Å². The minimum Gasteiger partial charge on any atom is -0.338 e. The predicted molar refractivity (Wildman–Crippen MR) is 77.4 cm³/mol. The molecular formula is C14H17BrFN3. The summed E-state index contributed by atoms with van der Waals surface area (Å²) in [5.74, 6) is 0.823. The molecule has 102 valence electrons. The van der Waals surface area contributed by atoms with E-state index in [-0.39, 0.29) is 11.9 Å². The molecule has 0 radical (unpaired) electrons. The van der Waals surface area contributed by atoms with Crippen molar-refractivity contribution in [1.82, 2.24) is 14.9 Å². The van der Waals surface area contributed by atoms with E-state index in [1.54, 1.807) is 12.3 Å². The van der Waals surface area contributed by atoms with E-state index in [9.17, 15) is 4.39 Å². The number of aryl methyl sites for hydroxylation is 1. The molecule has 1 unspecified atom stereocenters. The maximum absolute atomic E-state index is 13.2. The summed E-state index contributed by atoms with van der Waals surface area (Å²) in [5.41, 5.74) is 1.06. The average molecular weight is 326 g/mol. The van der Waals surface area contributed by atoms with Crippen LogP contribution in [0.4, 0.5) is 4.39 Å². The molecule has 1 atom stereocenters. The first-order valence-corrected chi connectivity index (χ1v) is 7.01. The third kappa shape index (κ3) is 3.64. The highest BCUT2D eigenvalue weighted by Gasteiger charge is 2.08. The van der Waals surface area contributed by atoms with E-state index >= 15 is 0 Å². The van der Waals surface area contributed by atoms with Crippen LogP contribution in [-0.4, -0.2) is 16.1 Å². The average Bonchev–Trinajstić information content (AvgIpc) is 2.78. The molecule has 2 rings (SSSR count). The van der Waals surface area contributed by atoms with Crippen molar-refractivity contribution in [2.45, 2.75) is 19.4 Å². The normalized spacial score (nSPS) is 12.6. The Morgan fingerprint density at radius 3 is 2.89 bits per heavy atom. The fraction of sp³-hybridized carbons (Fsp3) is 0.357. The smallest absolute Gasteiger partial charge is 0.137 e. The third-order valence-corrected chi connectivity index (χ3v) is 3.77. The molecule has 1 heterocycles. The Balaban J connectivity index is 1.89. The molecule has 3 nitrogen and oxygen atoms in total. The van der Waals surface area contributed by atoms with E-state index in [4.69, 9.17) is 0 Å². The summed E-state index contributed by atoms with van der Waals surface area (Å²) in [7, 11) is 1.99. The van der Waals surface area contributed by atoms with Gasteiger partial charge in [-0.15, -0.1) is 0 Å². The number of imidazole rings is 1. The molecule has 0 aliphatic carbocycles. The number of halogens is 2. The summed E-state index contributed by atoms with van der Waals surface area (Å²) in [6, 6.07) is 5.28. The molecule has 5 heteroatoms. The van der Waals surface area contributed by atoms with Gasteiger partial charge in [-0.1, -0.05) is 6.07 Å². The molecule has 0 aliphatic heterocycles. The molecule has 1 N–H and O–H groups in total. The second-order valence-electron chi connectivity index (χ2n) is 4.55. The Morgan fingerprint density at radius 1 is 1.47 bits per heavy atom. The first-order chi connectivity index (χ1) is 9.08. The van der Waals surface area contributed by atoms with Crippen LogP contribution in [0.15, 0.2) is 35.1 Å². The number of hydrogen-bond acceptors (Lipinski definition) is 2. The summed E-state index contributed by atoms with van der Waals surface area (Å²) >= 11 is 3.21. The lowest BCUT2D eigenvalue weighted by Crippen LogP contribution is -2.22. The largest absolute Gasteiger partial charge is 0.338 e. The lowest BCUT2D eigenvalue weighted by Gasteiger charge is -2.14. The van der Waals surface area contributed by atoms with E-state index in [1.165, 1.54) is 6.07 Å². The van der Waals surface area contributed by atoms with Gasteiger partial charge in [-0.25, -0.2) is 9.37 Å².